The standard InChI is InChI=1S/C33H37BrN4O7S/c1-20(2)46(41,42)24-14-12-22(13-15-24)26-19-35-29(38(30(39)43-32(3,4)5)31(40)44-33(6,7)8)28(36-26)27-17-25(37-45-27)23-11-9-10-21(16-23)18-34/h9-17,19-20H,18H2,1-8H3. The fourth-order valence-corrected chi connectivity index (χ4v) is 5.55. The van der Waals surface area contributed by atoms with E-state index in [0.29, 0.717) is 27.2 Å². The van der Waals surface area contributed by atoms with E-state index in [0.717, 1.165) is 11.1 Å². The third-order valence-corrected chi connectivity index (χ3v) is 9.15. The van der Waals surface area contributed by atoms with Crippen molar-refractivity contribution in [2.24, 2.45) is 0 Å². The fraction of sp³-hybridized carbons (Fsp3) is 0.364. The molecule has 0 aliphatic carbocycles. The highest BCUT2D eigenvalue weighted by Crippen LogP contribution is 2.35. The van der Waals surface area contributed by atoms with Crippen molar-refractivity contribution in [3.63, 3.8) is 0 Å². The van der Waals surface area contributed by atoms with E-state index in [4.69, 9.17) is 19.0 Å². The minimum absolute atomic E-state index is 0.00323. The van der Waals surface area contributed by atoms with Gasteiger partial charge in [-0.2, -0.15) is 4.90 Å². The quantitative estimate of drug-likeness (QED) is 0.172. The maximum absolute atomic E-state index is 13.5. The van der Waals surface area contributed by atoms with Crippen molar-refractivity contribution in [2.75, 3.05) is 4.90 Å². The molecule has 0 unspecified atom stereocenters. The van der Waals surface area contributed by atoms with Crippen LogP contribution in [0.1, 0.15) is 61.0 Å². The van der Waals surface area contributed by atoms with Crippen LogP contribution in [0.25, 0.3) is 34.0 Å². The molecule has 2 aromatic carbocycles. The van der Waals surface area contributed by atoms with Gasteiger partial charge in [-0.15, -0.1) is 0 Å². The number of carbonyl (C=O) groups excluding carboxylic acids is 2. The van der Waals surface area contributed by atoms with E-state index in [1.807, 2.05) is 24.3 Å². The average molecular weight is 714 g/mol. The van der Waals surface area contributed by atoms with Gasteiger partial charge in [0.1, 0.15) is 16.9 Å². The number of carbonyl (C=O) groups is 2. The van der Waals surface area contributed by atoms with Gasteiger partial charge < -0.3 is 14.0 Å². The molecule has 0 aliphatic heterocycles. The zero-order valence-electron chi connectivity index (χ0n) is 27.0. The van der Waals surface area contributed by atoms with Crippen molar-refractivity contribution in [3.05, 3.63) is 66.4 Å². The lowest BCUT2D eigenvalue weighted by molar-refractivity contribution is 0.0429. The number of alkyl halides is 1. The molecule has 0 aliphatic rings. The summed E-state index contributed by atoms with van der Waals surface area (Å²) in [6.45, 7) is 13.2. The summed E-state index contributed by atoms with van der Waals surface area (Å²) in [5, 5.41) is 4.28. The number of amides is 2. The molecule has 2 aromatic heterocycles. The van der Waals surface area contributed by atoms with E-state index >= 15 is 0 Å². The molecule has 4 rings (SSSR count). The van der Waals surface area contributed by atoms with Gasteiger partial charge in [0.2, 0.25) is 0 Å². The number of imide groups is 1. The number of anilines is 1. The Bertz CT molecular complexity index is 1810. The Kier molecular flexibility index (Phi) is 10.1. The Morgan fingerprint density at radius 3 is 2.04 bits per heavy atom. The van der Waals surface area contributed by atoms with Crippen LogP contribution in [0.4, 0.5) is 15.4 Å². The normalized spacial score (nSPS) is 12.2. The van der Waals surface area contributed by atoms with Crippen LogP contribution in [0.5, 0.6) is 0 Å². The molecule has 13 heteroatoms. The second-order valence-corrected chi connectivity index (χ2v) is 15.8. The average Bonchev–Trinajstić information content (AvgIpc) is 3.46. The first kappa shape index (κ1) is 34.8. The molecule has 0 N–H and O–H groups in total. The van der Waals surface area contributed by atoms with E-state index in [1.54, 1.807) is 73.6 Å². The maximum Gasteiger partial charge on any atom is 0.425 e. The predicted octanol–water partition coefficient (Wildman–Crippen LogP) is 8.22. The number of rotatable bonds is 7. The van der Waals surface area contributed by atoms with Gasteiger partial charge in [0.25, 0.3) is 0 Å². The van der Waals surface area contributed by atoms with Gasteiger partial charge in [0, 0.05) is 22.5 Å². The SMILES string of the molecule is CC(C)S(=O)(=O)c1ccc(-c2cnc(N(C(=O)OC(C)(C)C)C(=O)OC(C)(C)C)c(-c3cc(-c4cccc(CBr)c4)no3)n2)cc1. The van der Waals surface area contributed by atoms with Crippen LogP contribution in [0.15, 0.2) is 70.2 Å². The highest BCUT2D eigenvalue weighted by Gasteiger charge is 2.37. The third-order valence-electron chi connectivity index (χ3n) is 6.34. The van der Waals surface area contributed by atoms with Crippen LogP contribution in [0.2, 0.25) is 0 Å². The van der Waals surface area contributed by atoms with Crippen molar-refractivity contribution >= 4 is 43.8 Å². The smallest absolute Gasteiger partial charge is 0.425 e. The van der Waals surface area contributed by atoms with Crippen LogP contribution >= 0.6 is 15.9 Å². The summed E-state index contributed by atoms with van der Waals surface area (Å²) in [4.78, 5) is 37.2. The second kappa shape index (κ2) is 13.3. The molecule has 2 heterocycles. The first-order chi connectivity index (χ1) is 21.4. The second-order valence-electron chi connectivity index (χ2n) is 12.8. The molecule has 0 saturated heterocycles. The Hall–Kier alpha value is -4.10. The maximum atomic E-state index is 13.5. The van der Waals surface area contributed by atoms with Crippen LogP contribution in [0.3, 0.4) is 0 Å². The minimum Gasteiger partial charge on any atom is -0.443 e. The number of hydrogen-bond donors (Lipinski definition) is 0. The van der Waals surface area contributed by atoms with Gasteiger partial charge in [-0.25, -0.2) is 28.0 Å². The molecule has 244 valence electrons. The molecular formula is C33H37BrN4O7S. The van der Waals surface area contributed by atoms with Gasteiger partial charge >= 0.3 is 12.2 Å². The molecule has 11 nitrogen and oxygen atoms in total. The molecule has 0 fully saturated rings. The van der Waals surface area contributed by atoms with Gasteiger partial charge in [0.05, 0.1) is 22.0 Å². The highest BCUT2D eigenvalue weighted by molar-refractivity contribution is 9.08. The summed E-state index contributed by atoms with van der Waals surface area (Å²) in [6, 6.07) is 15.5. The molecule has 0 spiro atoms. The minimum atomic E-state index is -3.49. The Labute approximate surface area is 277 Å². The number of hydrogen-bond acceptors (Lipinski definition) is 10. The summed E-state index contributed by atoms with van der Waals surface area (Å²) in [5.74, 6) is -0.0946. The number of nitrogens with zero attached hydrogens (tertiary/aromatic N) is 4. The first-order valence-corrected chi connectivity index (χ1v) is 17.2. The fourth-order valence-electron chi connectivity index (χ4n) is 4.14. The largest absolute Gasteiger partial charge is 0.443 e. The lowest BCUT2D eigenvalue weighted by atomic mass is 10.1. The Morgan fingerprint density at radius 1 is 0.891 bits per heavy atom. The molecule has 0 atom stereocenters. The van der Waals surface area contributed by atoms with Crippen LogP contribution in [0, 0.1) is 0 Å². The number of ether oxygens (including phenoxy) is 2. The summed E-state index contributed by atoms with van der Waals surface area (Å²) in [7, 11) is -3.49. The summed E-state index contributed by atoms with van der Waals surface area (Å²) < 4.78 is 42.2. The summed E-state index contributed by atoms with van der Waals surface area (Å²) in [5.41, 5.74) is 1.23. The van der Waals surface area contributed by atoms with Crippen molar-refractivity contribution in [3.8, 4) is 34.0 Å². The van der Waals surface area contributed by atoms with E-state index in [1.165, 1.54) is 18.3 Å². The topological polar surface area (TPSA) is 142 Å². The van der Waals surface area contributed by atoms with Crippen molar-refractivity contribution in [1.29, 1.82) is 0 Å². The van der Waals surface area contributed by atoms with Gasteiger partial charge in [-0.05, 0) is 79.2 Å². The molecule has 4 aromatic rings. The predicted molar refractivity (Wildman–Crippen MR) is 178 cm³/mol. The van der Waals surface area contributed by atoms with Crippen molar-refractivity contribution in [1.82, 2.24) is 15.1 Å². The van der Waals surface area contributed by atoms with Gasteiger partial charge in [0.15, 0.2) is 27.1 Å². The zero-order chi connectivity index (χ0) is 34.0. The Morgan fingerprint density at radius 2 is 1.50 bits per heavy atom. The molecule has 0 bridgehead atoms. The molecule has 0 radical (unpaired) electrons. The number of sulfone groups is 1. The van der Waals surface area contributed by atoms with Gasteiger partial charge in [-0.3, -0.25) is 0 Å². The van der Waals surface area contributed by atoms with Crippen LogP contribution < -0.4 is 4.90 Å². The zero-order valence-corrected chi connectivity index (χ0v) is 29.4. The summed E-state index contributed by atoms with van der Waals surface area (Å²) >= 11 is 3.46. The van der Waals surface area contributed by atoms with Crippen molar-refractivity contribution < 1.29 is 32.0 Å². The molecule has 46 heavy (non-hydrogen) atoms. The van der Waals surface area contributed by atoms with E-state index in [2.05, 4.69) is 26.1 Å². The van der Waals surface area contributed by atoms with Crippen LogP contribution in [-0.2, 0) is 24.6 Å². The van der Waals surface area contributed by atoms with Crippen LogP contribution in [-0.4, -0.2) is 52.2 Å². The molecule has 0 saturated carbocycles. The number of benzene rings is 2. The van der Waals surface area contributed by atoms with E-state index < -0.39 is 38.5 Å². The number of aromatic nitrogens is 3. The summed E-state index contributed by atoms with van der Waals surface area (Å²) in [6.07, 6.45) is -0.695. The highest BCUT2D eigenvalue weighted by atomic mass is 79.9. The molecular weight excluding hydrogens is 676 g/mol. The lowest BCUT2D eigenvalue weighted by Crippen LogP contribution is -2.44. The first-order valence-electron chi connectivity index (χ1n) is 14.5. The monoisotopic (exact) mass is 712 g/mol. The Balaban J connectivity index is 1.91. The lowest BCUT2D eigenvalue weighted by Gasteiger charge is -2.28. The van der Waals surface area contributed by atoms with E-state index in [9.17, 15) is 18.0 Å². The van der Waals surface area contributed by atoms with E-state index in [-0.39, 0.29) is 22.2 Å². The number of halogens is 1. The van der Waals surface area contributed by atoms with Gasteiger partial charge in [-0.1, -0.05) is 51.4 Å². The van der Waals surface area contributed by atoms with Crippen molar-refractivity contribution in [2.45, 2.75) is 82.1 Å². The molecule has 2 amide bonds. The third kappa shape index (κ3) is 8.18.